The lowest BCUT2D eigenvalue weighted by Crippen LogP contribution is -2.32. The van der Waals surface area contributed by atoms with Crippen molar-refractivity contribution in [3.8, 4) is 5.88 Å². The molecular formula is C13H21N3O. The van der Waals surface area contributed by atoms with E-state index >= 15 is 0 Å². The van der Waals surface area contributed by atoms with E-state index in [1.807, 2.05) is 6.07 Å². The summed E-state index contributed by atoms with van der Waals surface area (Å²) in [6, 6.07) is 4.06. The molecule has 2 rings (SSSR count). The highest BCUT2D eigenvalue weighted by Crippen LogP contribution is 2.22. The summed E-state index contributed by atoms with van der Waals surface area (Å²) in [6.07, 6.45) is 3.07. The Morgan fingerprint density at radius 3 is 3.12 bits per heavy atom. The van der Waals surface area contributed by atoms with Gasteiger partial charge in [-0.05, 0) is 33.6 Å². The number of aromatic nitrogens is 1. The van der Waals surface area contributed by atoms with Gasteiger partial charge in [-0.1, -0.05) is 6.07 Å². The zero-order valence-corrected chi connectivity index (χ0v) is 10.9. The molecule has 0 spiro atoms. The Hall–Kier alpha value is -1.13. The normalized spacial score (nSPS) is 20.8. The van der Waals surface area contributed by atoms with Crippen LogP contribution in [-0.4, -0.2) is 55.1 Å². The predicted octanol–water partition coefficient (Wildman–Crippen LogP) is 1.23. The van der Waals surface area contributed by atoms with Crippen molar-refractivity contribution in [2.24, 2.45) is 0 Å². The van der Waals surface area contributed by atoms with E-state index in [0.717, 1.165) is 31.9 Å². The van der Waals surface area contributed by atoms with Gasteiger partial charge in [0, 0.05) is 31.4 Å². The van der Waals surface area contributed by atoms with Crippen LogP contribution in [0, 0.1) is 0 Å². The van der Waals surface area contributed by atoms with Gasteiger partial charge in [-0.15, -0.1) is 0 Å². The highest BCUT2D eigenvalue weighted by atomic mass is 16.5. The first-order valence-corrected chi connectivity index (χ1v) is 6.09. The lowest BCUT2D eigenvalue weighted by molar-refractivity contribution is 0.139. The van der Waals surface area contributed by atoms with Crippen molar-refractivity contribution in [1.82, 2.24) is 14.8 Å². The molecule has 1 atom stereocenters. The van der Waals surface area contributed by atoms with Crippen molar-refractivity contribution in [1.29, 1.82) is 0 Å². The van der Waals surface area contributed by atoms with Gasteiger partial charge < -0.3 is 9.64 Å². The third-order valence-electron chi connectivity index (χ3n) is 2.98. The Morgan fingerprint density at radius 1 is 1.53 bits per heavy atom. The van der Waals surface area contributed by atoms with Crippen LogP contribution in [0.25, 0.3) is 0 Å². The maximum Gasteiger partial charge on any atom is 0.218 e. The monoisotopic (exact) mass is 235 g/mol. The molecule has 0 radical (unpaired) electrons. The summed E-state index contributed by atoms with van der Waals surface area (Å²) in [7, 11) is 6.31. The molecule has 0 saturated heterocycles. The van der Waals surface area contributed by atoms with Crippen molar-refractivity contribution in [3.05, 3.63) is 23.9 Å². The average molecular weight is 235 g/mol. The molecule has 1 aliphatic heterocycles. The minimum absolute atomic E-state index is 0.235. The first-order chi connectivity index (χ1) is 8.15. The third kappa shape index (κ3) is 3.41. The smallest absolute Gasteiger partial charge is 0.218 e. The van der Waals surface area contributed by atoms with Crippen LogP contribution in [0.4, 0.5) is 0 Å². The molecule has 0 aliphatic carbocycles. The zero-order chi connectivity index (χ0) is 12.3. The van der Waals surface area contributed by atoms with Crippen molar-refractivity contribution in [3.63, 3.8) is 0 Å². The third-order valence-corrected chi connectivity index (χ3v) is 2.98. The van der Waals surface area contributed by atoms with Crippen molar-refractivity contribution >= 4 is 0 Å². The second-order valence-corrected chi connectivity index (χ2v) is 5.00. The van der Waals surface area contributed by atoms with Gasteiger partial charge in [0.25, 0.3) is 0 Å². The number of pyridine rings is 1. The Kier molecular flexibility index (Phi) is 3.97. The number of likely N-dealkylation sites (N-methyl/N-ethyl adjacent to an activating group) is 1. The molecule has 0 bridgehead atoms. The van der Waals surface area contributed by atoms with E-state index in [-0.39, 0.29) is 6.10 Å². The molecular weight excluding hydrogens is 214 g/mol. The molecule has 0 saturated carbocycles. The van der Waals surface area contributed by atoms with Crippen molar-refractivity contribution in [2.45, 2.75) is 19.1 Å². The fourth-order valence-electron chi connectivity index (χ4n) is 2.10. The van der Waals surface area contributed by atoms with Gasteiger partial charge >= 0.3 is 0 Å². The number of ether oxygens (including phenoxy) is 1. The van der Waals surface area contributed by atoms with E-state index in [1.165, 1.54) is 5.56 Å². The van der Waals surface area contributed by atoms with E-state index in [9.17, 15) is 0 Å². The van der Waals surface area contributed by atoms with E-state index in [0.29, 0.717) is 0 Å². The number of hydrogen-bond acceptors (Lipinski definition) is 4. The van der Waals surface area contributed by atoms with Crippen LogP contribution in [0.3, 0.4) is 0 Å². The molecule has 1 aliphatic rings. The lowest BCUT2D eigenvalue weighted by Gasteiger charge is -2.21. The van der Waals surface area contributed by atoms with Gasteiger partial charge in [0.05, 0.1) is 0 Å². The summed E-state index contributed by atoms with van der Waals surface area (Å²) < 4.78 is 6.00. The molecule has 94 valence electrons. The SMILES string of the molecule is CN(C)CCC1CN(C)Cc2cccnc2O1. The minimum Gasteiger partial charge on any atom is -0.473 e. The van der Waals surface area contributed by atoms with Crippen LogP contribution < -0.4 is 4.74 Å². The first kappa shape index (κ1) is 12.3. The lowest BCUT2D eigenvalue weighted by atomic mass is 10.2. The van der Waals surface area contributed by atoms with E-state index in [4.69, 9.17) is 4.74 Å². The van der Waals surface area contributed by atoms with Gasteiger partial charge in [-0.2, -0.15) is 0 Å². The molecule has 0 N–H and O–H groups in total. The van der Waals surface area contributed by atoms with E-state index in [1.54, 1.807) is 6.20 Å². The first-order valence-electron chi connectivity index (χ1n) is 6.09. The summed E-state index contributed by atoms with van der Waals surface area (Å²) in [5.74, 6) is 0.806. The van der Waals surface area contributed by atoms with Crippen molar-refractivity contribution in [2.75, 3.05) is 34.2 Å². The van der Waals surface area contributed by atoms with E-state index in [2.05, 4.69) is 42.0 Å². The van der Waals surface area contributed by atoms with Crippen LogP contribution in [-0.2, 0) is 6.54 Å². The number of fused-ring (bicyclic) bond motifs is 1. The number of nitrogens with zero attached hydrogens (tertiary/aromatic N) is 3. The average Bonchev–Trinajstić information content (AvgIpc) is 2.43. The maximum absolute atomic E-state index is 6.00. The molecule has 0 fully saturated rings. The Labute approximate surface area is 103 Å². The fourth-order valence-corrected chi connectivity index (χ4v) is 2.10. The fraction of sp³-hybridized carbons (Fsp3) is 0.615. The van der Waals surface area contributed by atoms with Crippen molar-refractivity contribution < 1.29 is 4.74 Å². The van der Waals surface area contributed by atoms with Crippen LogP contribution in [0.5, 0.6) is 5.88 Å². The van der Waals surface area contributed by atoms with Crippen LogP contribution >= 0.6 is 0 Å². The van der Waals surface area contributed by atoms with Gasteiger partial charge in [0.2, 0.25) is 5.88 Å². The molecule has 4 heteroatoms. The van der Waals surface area contributed by atoms with Gasteiger partial charge in [-0.25, -0.2) is 4.98 Å². The summed E-state index contributed by atoms with van der Waals surface area (Å²) in [5, 5.41) is 0. The predicted molar refractivity (Wildman–Crippen MR) is 68.2 cm³/mol. The summed E-state index contributed by atoms with van der Waals surface area (Å²) in [4.78, 5) is 8.82. The molecule has 1 unspecified atom stereocenters. The molecule has 0 aromatic carbocycles. The zero-order valence-electron chi connectivity index (χ0n) is 10.9. The van der Waals surface area contributed by atoms with Crippen LogP contribution in [0.15, 0.2) is 18.3 Å². The Bertz CT molecular complexity index is 367. The summed E-state index contributed by atoms with van der Waals surface area (Å²) in [6.45, 7) is 2.92. The Balaban J connectivity index is 2.07. The van der Waals surface area contributed by atoms with Gasteiger partial charge in [-0.3, -0.25) is 4.90 Å². The quantitative estimate of drug-likeness (QED) is 0.788. The Morgan fingerprint density at radius 2 is 2.35 bits per heavy atom. The molecule has 1 aromatic rings. The molecule has 2 heterocycles. The summed E-state index contributed by atoms with van der Waals surface area (Å²) in [5.41, 5.74) is 1.18. The van der Waals surface area contributed by atoms with Crippen LogP contribution in [0.2, 0.25) is 0 Å². The standard InChI is InChI=1S/C13H21N3O/c1-15(2)8-6-12-10-16(3)9-11-5-4-7-14-13(11)17-12/h4-5,7,12H,6,8-10H2,1-3H3. The molecule has 0 amide bonds. The number of rotatable bonds is 3. The van der Waals surface area contributed by atoms with Gasteiger partial charge in [0.15, 0.2) is 0 Å². The van der Waals surface area contributed by atoms with Crippen LogP contribution in [0.1, 0.15) is 12.0 Å². The second-order valence-electron chi connectivity index (χ2n) is 5.00. The van der Waals surface area contributed by atoms with Gasteiger partial charge in [0.1, 0.15) is 6.10 Å². The molecule has 17 heavy (non-hydrogen) atoms. The molecule has 4 nitrogen and oxygen atoms in total. The minimum atomic E-state index is 0.235. The second kappa shape index (κ2) is 5.47. The largest absolute Gasteiger partial charge is 0.473 e. The topological polar surface area (TPSA) is 28.6 Å². The summed E-state index contributed by atoms with van der Waals surface area (Å²) >= 11 is 0. The van der Waals surface area contributed by atoms with E-state index < -0.39 is 0 Å². The molecule has 1 aromatic heterocycles. The maximum atomic E-state index is 6.00. The highest BCUT2D eigenvalue weighted by Gasteiger charge is 2.21. The number of hydrogen-bond donors (Lipinski definition) is 0. The highest BCUT2D eigenvalue weighted by molar-refractivity contribution is 5.26.